The summed E-state index contributed by atoms with van der Waals surface area (Å²) in [6, 6.07) is 23.7. The Morgan fingerprint density at radius 3 is 2.35 bits per heavy atom. The largest absolute Gasteiger partial charge is 0.354 e. The molecule has 0 fully saturated rings. The first-order valence-corrected chi connectivity index (χ1v) is 11.2. The van der Waals surface area contributed by atoms with Crippen LogP contribution in [0.5, 0.6) is 0 Å². The summed E-state index contributed by atoms with van der Waals surface area (Å²) in [4.78, 5) is 12.4. The van der Waals surface area contributed by atoms with E-state index in [0.29, 0.717) is 6.54 Å². The first-order valence-electron chi connectivity index (χ1n) is 9.63. The second kappa shape index (κ2) is 10.1. The van der Waals surface area contributed by atoms with E-state index in [-0.39, 0.29) is 0 Å². The first kappa shape index (κ1) is 21.5. The normalized spacial score (nSPS) is 10.7. The average Bonchev–Trinajstić information content (AvgIpc) is 2.80. The lowest BCUT2D eigenvalue weighted by atomic mass is 10.1. The van der Waals surface area contributed by atoms with Gasteiger partial charge in [-0.3, -0.25) is 4.98 Å². The van der Waals surface area contributed by atoms with Gasteiger partial charge in [-0.25, -0.2) is 4.98 Å². The molecule has 0 bridgehead atoms. The Balaban J connectivity index is 1.47. The standard InChI is InChI=1S/C24H20Cl2N4S/c1-30(16-17-5-7-19(25)8-6-17)24-15-27-14-23(28-24)18-3-2-4-21(13-18)29-31-22-11-9-20(26)10-12-22/h2-15,29H,16H2,1H3. The number of nitrogens with one attached hydrogen (secondary N) is 1. The molecule has 0 amide bonds. The molecule has 4 aromatic rings. The monoisotopic (exact) mass is 466 g/mol. The Labute approximate surface area is 196 Å². The van der Waals surface area contributed by atoms with E-state index in [9.17, 15) is 0 Å². The highest BCUT2D eigenvalue weighted by molar-refractivity contribution is 8.00. The van der Waals surface area contributed by atoms with Crippen LogP contribution >= 0.6 is 35.1 Å². The molecule has 0 aliphatic carbocycles. The summed E-state index contributed by atoms with van der Waals surface area (Å²) in [7, 11) is 2.00. The zero-order valence-electron chi connectivity index (χ0n) is 16.8. The molecule has 0 atom stereocenters. The van der Waals surface area contributed by atoms with Crippen molar-refractivity contribution in [2.24, 2.45) is 0 Å². The molecule has 0 aliphatic rings. The Bertz CT molecular complexity index is 1150. The van der Waals surface area contributed by atoms with Crippen molar-refractivity contribution in [1.82, 2.24) is 9.97 Å². The fourth-order valence-electron chi connectivity index (χ4n) is 2.99. The van der Waals surface area contributed by atoms with Crippen LogP contribution < -0.4 is 9.62 Å². The van der Waals surface area contributed by atoms with E-state index in [2.05, 4.69) is 20.7 Å². The van der Waals surface area contributed by atoms with Gasteiger partial charge < -0.3 is 9.62 Å². The van der Waals surface area contributed by atoms with Crippen LogP contribution in [-0.2, 0) is 6.54 Å². The highest BCUT2D eigenvalue weighted by Gasteiger charge is 2.08. The lowest BCUT2D eigenvalue weighted by Gasteiger charge is -2.18. The number of anilines is 2. The van der Waals surface area contributed by atoms with Crippen LogP contribution in [0.25, 0.3) is 11.3 Å². The van der Waals surface area contributed by atoms with Gasteiger partial charge in [0.2, 0.25) is 0 Å². The Hall–Kier alpha value is -2.73. The maximum atomic E-state index is 5.98. The highest BCUT2D eigenvalue weighted by atomic mass is 35.5. The number of hydrogen-bond acceptors (Lipinski definition) is 5. The Morgan fingerprint density at radius 1 is 0.903 bits per heavy atom. The first-order chi connectivity index (χ1) is 15.1. The van der Waals surface area contributed by atoms with Gasteiger partial charge in [-0.1, -0.05) is 47.5 Å². The molecule has 1 aromatic heterocycles. The predicted molar refractivity (Wildman–Crippen MR) is 132 cm³/mol. The van der Waals surface area contributed by atoms with Gasteiger partial charge in [0.05, 0.1) is 18.1 Å². The third-order valence-corrected chi connectivity index (χ3v) is 5.95. The molecule has 0 saturated heterocycles. The number of nitrogens with zero attached hydrogens (tertiary/aromatic N) is 3. The zero-order chi connectivity index (χ0) is 21.6. The van der Waals surface area contributed by atoms with E-state index < -0.39 is 0 Å². The maximum absolute atomic E-state index is 5.98. The van der Waals surface area contributed by atoms with E-state index in [1.54, 1.807) is 12.4 Å². The topological polar surface area (TPSA) is 41.1 Å². The number of rotatable bonds is 7. The van der Waals surface area contributed by atoms with Crippen molar-refractivity contribution < 1.29 is 0 Å². The van der Waals surface area contributed by atoms with Crippen molar-refractivity contribution >= 4 is 46.7 Å². The molecule has 31 heavy (non-hydrogen) atoms. The second-order valence-corrected chi connectivity index (χ2v) is 8.74. The molecule has 0 spiro atoms. The molecule has 7 heteroatoms. The SMILES string of the molecule is CN(Cc1ccc(Cl)cc1)c1cncc(-c2cccc(NSc3ccc(Cl)cc3)c2)n1. The van der Waals surface area contributed by atoms with Gasteiger partial charge in [0.1, 0.15) is 5.82 Å². The summed E-state index contributed by atoms with van der Waals surface area (Å²) >= 11 is 13.5. The molecule has 0 aliphatic heterocycles. The summed E-state index contributed by atoms with van der Waals surface area (Å²) < 4.78 is 3.37. The third kappa shape index (κ3) is 5.91. The predicted octanol–water partition coefficient (Wildman–Crippen LogP) is 7.21. The second-order valence-electron chi connectivity index (χ2n) is 6.98. The van der Waals surface area contributed by atoms with E-state index in [4.69, 9.17) is 28.2 Å². The van der Waals surface area contributed by atoms with E-state index in [1.807, 2.05) is 73.8 Å². The van der Waals surface area contributed by atoms with Crippen molar-refractivity contribution in [1.29, 1.82) is 0 Å². The van der Waals surface area contributed by atoms with E-state index >= 15 is 0 Å². The summed E-state index contributed by atoms with van der Waals surface area (Å²) in [5.74, 6) is 0.807. The fourth-order valence-corrected chi connectivity index (χ4v) is 3.87. The molecule has 4 rings (SSSR count). The minimum atomic E-state index is 0.717. The van der Waals surface area contributed by atoms with Gasteiger partial charge in [0.25, 0.3) is 0 Å². The van der Waals surface area contributed by atoms with Crippen molar-refractivity contribution in [2.45, 2.75) is 11.4 Å². The molecular formula is C24H20Cl2N4S. The van der Waals surface area contributed by atoms with Crippen LogP contribution in [0, 0.1) is 0 Å². The number of hydrogen-bond donors (Lipinski definition) is 1. The summed E-state index contributed by atoms with van der Waals surface area (Å²) in [5, 5.41) is 1.46. The van der Waals surface area contributed by atoms with Gasteiger partial charge in [-0.2, -0.15) is 0 Å². The van der Waals surface area contributed by atoms with Crippen LogP contribution in [0.4, 0.5) is 11.5 Å². The van der Waals surface area contributed by atoms with Crippen LogP contribution in [-0.4, -0.2) is 17.0 Å². The number of aromatic nitrogens is 2. The minimum absolute atomic E-state index is 0.717. The Morgan fingerprint density at radius 2 is 1.61 bits per heavy atom. The van der Waals surface area contributed by atoms with Gasteiger partial charge in [-0.15, -0.1) is 0 Å². The van der Waals surface area contributed by atoms with Crippen molar-refractivity contribution in [3.8, 4) is 11.3 Å². The molecule has 4 nitrogen and oxygen atoms in total. The molecule has 0 unspecified atom stereocenters. The van der Waals surface area contributed by atoms with Gasteiger partial charge in [-0.05, 0) is 66.0 Å². The molecular weight excluding hydrogens is 447 g/mol. The molecule has 0 radical (unpaired) electrons. The quantitative estimate of drug-likeness (QED) is 0.291. The minimum Gasteiger partial charge on any atom is -0.354 e. The third-order valence-electron chi connectivity index (χ3n) is 4.60. The van der Waals surface area contributed by atoms with E-state index in [1.165, 1.54) is 11.9 Å². The van der Waals surface area contributed by atoms with Crippen molar-refractivity contribution in [3.63, 3.8) is 0 Å². The maximum Gasteiger partial charge on any atom is 0.147 e. The molecule has 0 saturated carbocycles. The van der Waals surface area contributed by atoms with Gasteiger partial charge in [0, 0.05) is 39.8 Å². The van der Waals surface area contributed by atoms with Crippen LogP contribution in [0.2, 0.25) is 10.0 Å². The molecule has 3 aromatic carbocycles. The average molecular weight is 467 g/mol. The zero-order valence-corrected chi connectivity index (χ0v) is 19.1. The summed E-state index contributed by atoms with van der Waals surface area (Å²) in [5.41, 5.74) is 3.96. The highest BCUT2D eigenvalue weighted by Crippen LogP contribution is 2.27. The fraction of sp³-hybridized carbons (Fsp3) is 0.0833. The summed E-state index contributed by atoms with van der Waals surface area (Å²) in [6.07, 6.45) is 3.56. The van der Waals surface area contributed by atoms with Crippen LogP contribution in [0.3, 0.4) is 0 Å². The van der Waals surface area contributed by atoms with E-state index in [0.717, 1.165) is 43.3 Å². The lowest BCUT2D eigenvalue weighted by molar-refractivity contribution is 0.891. The summed E-state index contributed by atoms with van der Waals surface area (Å²) in [6.45, 7) is 0.717. The van der Waals surface area contributed by atoms with Crippen LogP contribution in [0.15, 0.2) is 90.1 Å². The van der Waals surface area contributed by atoms with Crippen molar-refractivity contribution in [2.75, 3.05) is 16.7 Å². The Kier molecular flexibility index (Phi) is 6.97. The van der Waals surface area contributed by atoms with Crippen LogP contribution in [0.1, 0.15) is 5.56 Å². The number of benzene rings is 3. The van der Waals surface area contributed by atoms with Gasteiger partial charge in [0.15, 0.2) is 0 Å². The lowest BCUT2D eigenvalue weighted by Crippen LogP contribution is -2.18. The van der Waals surface area contributed by atoms with Crippen molar-refractivity contribution in [3.05, 3.63) is 101 Å². The molecule has 1 N–H and O–H groups in total. The smallest absolute Gasteiger partial charge is 0.147 e. The molecule has 1 heterocycles. The van der Waals surface area contributed by atoms with Gasteiger partial charge >= 0.3 is 0 Å². The molecule has 156 valence electrons. The number of halogens is 2.